The lowest BCUT2D eigenvalue weighted by atomic mass is 10.0. The molecule has 148 valence electrons. The van der Waals surface area contributed by atoms with Gasteiger partial charge in [-0.05, 0) is 23.3 Å². The number of piperazine rings is 1. The summed E-state index contributed by atoms with van der Waals surface area (Å²) in [5.41, 5.74) is 2.59. The lowest BCUT2D eigenvalue weighted by Gasteiger charge is -2.57. The van der Waals surface area contributed by atoms with Gasteiger partial charge in [-0.25, -0.2) is 0 Å². The third kappa shape index (κ3) is 1.99. The molecule has 1 aromatic rings. The Hall–Kier alpha value is -2.39. The molecule has 6 heterocycles. The number of carbonyl (C=O) groups excluding carboxylic acids is 3. The molecule has 4 fully saturated rings. The average molecular weight is 428 g/mol. The number of nitrogens with zero attached hydrogens (tertiary/aromatic N) is 2. The monoisotopic (exact) mass is 428 g/mol. The molecule has 2 spiro atoms. The van der Waals surface area contributed by atoms with E-state index in [9.17, 15) is 14.4 Å². The van der Waals surface area contributed by atoms with Gasteiger partial charge in [-0.3, -0.25) is 19.3 Å². The second-order valence-electron chi connectivity index (χ2n) is 7.71. The van der Waals surface area contributed by atoms with Crippen LogP contribution in [0, 0.1) is 0 Å². The molecule has 0 saturated carbocycles. The van der Waals surface area contributed by atoms with Gasteiger partial charge in [0.1, 0.15) is 6.10 Å². The van der Waals surface area contributed by atoms with Crippen molar-refractivity contribution in [3.05, 3.63) is 54.0 Å². The Kier molecular flexibility index (Phi) is 3.38. The van der Waals surface area contributed by atoms with E-state index in [1.54, 1.807) is 22.1 Å². The van der Waals surface area contributed by atoms with Crippen LogP contribution in [0.4, 0.5) is 5.69 Å². The van der Waals surface area contributed by atoms with Crippen LogP contribution in [0.15, 0.2) is 48.4 Å². The Labute approximate surface area is 174 Å². The van der Waals surface area contributed by atoms with Crippen molar-refractivity contribution in [1.82, 2.24) is 4.90 Å². The number of benzene rings is 1. The van der Waals surface area contributed by atoms with Gasteiger partial charge in [0.05, 0.1) is 18.6 Å². The lowest BCUT2D eigenvalue weighted by molar-refractivity contribution is -0.155. The molecule has 0 unspecified atom stereocenters. The fourth-order valence-electron chi connectivity index (χ4n) is 5.01. The highest BCUT2D eigenvalue weighted by molar-refractivity contribution is 8.78. The van der Waals surface area contributed by atoms with Crippen LogP contribution in [-0.2, 0) is 30.3 Å². The maximum atomic E-state index is 13.9. The van der Waals surface area contributed by atoms with Crippen LogP contribution in [-0.4, -0.2) is 44.6 Å². The maximum Gasteiger partial charge on any atom is 0.303 e. The number of carbonyl (C=O) groups is 3. The van der Waals surface area contributed by atoms with Crippen LogP contribution in [0.25, 0.3) is 0 Å². The molecule has 2 bridgehead atoms. The predicted molar refractivity (Wildman–Crippen MR) is 107 cm³/mol. The van der Waals surface area contributed by atoms with Crippen LogP contribution in [0.3, 0.4) is 0 Å². The van der Waals surface area contributed by atoms with Gasteiger partial charge < -0.3 is 14.4 Å². The number of para-hydroxylation sites is 1. The predicted octanol–water partition coefficient (Wildman–Crippen LogP) is 2.34. The molecule has 6 aliphatic rings. The number of hydrogen-bond acceptors (Lipinski definition) is 7. The summed E-state index contributed by atoms with van der Waals surface area (Å²) in [6.45, 7) is 1.33. The highest BCUT2D eigenvalue weighted by atomic mass is 33.1. The molecule has 0 N–H and O–H groups in total. The molecule has 2 amide bonds. The summed E-state index contributed by atoms with van der Waals surface area (Å²) < 4.78 is 10.9. The van der Waals surface area contributed by atoms with E-state index in [0.717, 1.165) is 16.8 Å². The van der Waals surface area contributed by atoms with Gasteiger partial charge >= 0.3 is 5.97 Å². The Bertz CT molecular complexity index is 1060. The van der Waals surface area contributed by atoms with E-state index in [0.29, 0.717) is 12.8 Å². The quantitative estimate of drug-likeness (QED) is 0.502. The van der Waals surface area contributed by atoms with Crippen molar-refractivity contribution in [2.75, 3.05) is 4.90 Å². The zero-order valence-electron chi connectivity index (χ0n) is 15.4. The van der Waals surface area contributed by atoms with Crippen LogP contribution < -0.4 is 4.90 Å². The summed E-state index contributed by atoms with van der Waals surface area (Å²) in [5.74, 6) is -0.652. The Morgan fingerprint density at radius 3 is 2.79 bits per heavy atom. The third-order valence-electron chi connectivity index (χ3n) is 6.10. The van der Waals surface area contributed by atoms with Gasteiger partial charge in [-0.15, -0.1) is 0 Å². The smallest absolute Gasteiger partial charge is 0.303 e. The Morgan fingerprint density at radius 1 is 1.17 bits per heavy atom. The van der Waals surface area contributed by atoms with E-state index < -0.39 is 27.9 Å². The van der Waals surface area contributed by atoms with Crippen LogP contribution in [0.1, 0.15) is 18.9 Å². The molecule has 7 nitrogen and oxygen atoms in total. The first-order valence-electron chi connectivity index (χ1n) is 9.29. The van der Waals surface area contributed by atoms with Crippen LogP contribution >= 0.6 is 21.6 Å². The standard InChI is InChI=1S/C20H16N2O5S2/c1-11(23)27-15-6-7-26-10-13-9-20-17(24)21-14-5-3-2-4-12(14)8-19(21,28-29-20)18(25)22(20)16(13)15/h2-7,10,15-16H,8-9H2,1H3/t15-,16-,19+,20+/m0/s1. The molecule has 4 atom stereocenters. The highest BCUT2D eigenvalue weighted by Crippen LogP contribution is 2.68. The van der Waals surface area contributed by atoms with Gasteiger partial charge in [0.2, 0.25) is 0 Å². The summed E-state index contributed by atoms with van der Waals surface area (Å²) in [6, 6.07) is 7.14. The van der Waals surface area contributed by atoms with E-state index in [2.05, 4.69) is 0 Å². The van der Waals surface area contributed by atoms with Crippen LogP contribution in [0.5, 0.6) is 0 Å². The highest BCUT2D eigenvalue weighted by Gasteiger charge is 2.76. The first-order chi connectivity index (χ1) is 14.0. The molecular weight excluding hydrogens is 412 g/mol. The lowest BCUT2D eigenvalue weighted by Crippen LogP contribution is -2.76. The number of fused-ring (bicyclic) bond motifs is 3. The first kappa shape index (κ1) is 17.5. The van der Waals surface area contributed by atoms with E-state index in [4.69, 9.17) is 9.47 Å². The van der Waals surface area contributed by atoms with Gasteiger partial charge in [-0.1, -0.05) is 39.8 Å². The maximum absolute atomic E-state index is 13.9. The molecule has 29 heavy (non-hydrogen) atoms. The van der Waals surface area contributed by atoms with E-state index in [-0.39, 0.29) is 11.8 Å². The number of ether oxygens (including phenoxy) is 2. The summed E-state index contributed by atoms with van der Waals surface area (Å²) in [5, 5.41) is 0. The first-order valence-corrected chi connectivity index (χ1v) is 11.4. The normalized spacial score (nSPS) is 36.0. The molecular formula is C20H16N2O5S2. The average Bonchev–Trinajstić information content (AvgIpc) is 3.15. The summed E-state index contributed by atoms with van der Waals surface area (Å²) in [6.07, 6.45) is 4.77. The van der Waals surface area contributed by atoms with Gasteiger partial charge in [0, 0.05) is 25.5 Å². The van der Waals surface area contributed by atoms with Crippen molar-refractivity contribution in [2.45, 2.75) is 41.7 Å². The molecule has 0 aromatic heterocycles. The zero-order valence-corrected chi connectivity index (χ0v) is 17.0. The number of rotatable bonds is 1. The van der Waals surface area contributed by atoms with Gasteiger partial charge in [0.15, 0.2) is 9.74 Å². The van der Waals surface area contributed by atoms with E-state index >= 15 is 0 Å². The van der Waals surface area contributed by atoms with Crippen molar-refractivity contribution in [2.24, 2.45) is 0 Å². The SMILES string of the molecule is CC(=O)O[C@H]1C=COC=C2C[C@@]34SS[C@]5(Cc6ccccc6N5C3=O)C(=O)N4[C@@H]21. The minimum Gasteiger partial charge on any atom is -0.473 e. The summed E-state index contributed by atoms with van der Waals surface area (Å²) in [4.78, 5) is 40.8. The molecule has 4 saturated heterocycles. The minimum atomic E-state index is -1.07. The van der Waals surface area contributed by atoms with E-state index in [1.165, 1.54) is 34.8 Å². The van der Waals surface area contributed by atoms with Crippen LogP contribution in [0.2, 0.25) is 0 Å². The molecule has 6 aliphatic heterocycles. The molecule has 9 heteroatoms. The van der Waals surface area contributed by atoms with E-state index in [1.807, 2.05) is 24.3 Å². The molecule has 1 aromatic carbocycles. The minimum absolute atomic E-state index is 0.0923. The number of esters is 1. The summed E-state index contributed by atoms with van der Waals surface area (Å²) >= 11 is 0. The second kappa shape index (κ2) is 5.60. The number of anilines is 1. The molecule has 7 rings (SSSR count). The Balaban J connectivity index is 1.52. The van der Waals surface area contributed by atoms with Crippen molar-refractivity contribution in [3.8, 4) is 0 Å². The van der Waals surface area contributed by atoms with Gasteiger partial charge in [0.25, 0.3) is 11.8 Å². The largest absolute Gasteiger partial charge is 0.473 e. The topological polar surface area (TPSA) is 76.1 Å². The fourth-order valence-corrected chi connectivity index (χ4v) is 8.66. The van der Waals surface area contributed by atoms with Gasteiger partial charge in [-0.2, -0.15) is 0 Å². The van der Waals surface area contributed by atoms with Crippen molar-refractivity contribution in [3.63, 3.8) is 0 Å². The third-order valence-corrected chi connectivity index (χ3v) is 9.66. The van der Waals surface area contributed by atoms with Crippen molar-refractivity contribution in [1.29, 1.82) is 0 Å². The van der Waals surface area contributed by atoms with Crippen molar-refractivity contribution < 1.29 is 23.9 Å². The number of hydrogen-bond donors (Lipinski definition) is 0. The second-order valence-corrected chi connectivity index (χ2v) is 10.4. The Morgan fingerprint density at radius 2 is 1.97 bits per heavy atom. The number of amides is 2. The fraction of sp³-hybridized carbons (Fsp3) is 0.350. The summed E-state index contributed by atoms with van der Waals surface area (Å²) in [7, 11) is 2.91. The molecule has 0 radical (unpaired) electrons. The zero-order chi connectivity index (χ0) is 20.0. The van der Waals surface area contributed by atoms with Crippen molar-refractivity contribution >= 4 is 45.1 Å². The molecule has 0 aliphatic carbocycles.